The molecule has 1 atom stereocenters. The summed E-state index contributed by atoms with van der Waals surface area (Å²) in [7, 11) is 0. The number of hydrogen-bond donors (Lipinski definition) is 1. The molecule has 0 aliphatic rings. The lowest BCUT2D eigenvalue weighted by molar-refractivity contribution is 0.717. The fourth-order valence-electron chi connectivity index (χ4n) is 2.17. The van der Waals surface area contributed by atoms with E-state index in [1.807, 2.05) is 24.3 Å². The second kappa shape index (κ2) is 6.18. The molecular formula is C17H19N. The molecule has 0 radical (unpaired) electrons. The zero-order chi connectivity index (χ0) is 12.8. The van der Waals surface area contributed by atoms with Crippen molar-refractivity contribution in [2.45, 2.75) is 18.9 Å². The number of allylic oxidation sites excluding steroid dienone is 1. The lowest BCUT2D eigenvalue weighted by Gasteiger charge is -2.14. The monoisotopic (exact) mass is 237 g/mol. The fourth-order valence-corrected chi connectivity index (χ4v) is 2.17. The van der Waals surface area contributed by atoms with Gasteiger partial charge >= 0.3 is 0 Å². The third-order valence-corrected chi connectivity index (χ3v) is 3.15. The lowest BCUT2D eigenvalue weighted by Crippen LogP contribution is -2.14. The Kier molecular flexibility index (Phi) is 4.32. The molecule has 0 bridgehead atoms. The van der Waals surface area contributed by atoms with Gasteiger partial charge in [0, 0.05) is 6.04 Å². The van der Waals surface area contributed by atoms with Gasteiger partial charge in [-0.1, -0.05) is 60.7 Å². The topological polar surface area (TPSA) is 26.0 Å². The first kappa shape index (κ1) is 12.6. The van der Waals surface area contributed by atoms with Crippen molar-refractivity contribution >= 4 is 0 Å². The highest BCUT2D eigenvalue weighted by Crippen LogP contribution is 2.19. The highest BCUT2D eigenvalue weighted by Gasteiger charge is 2.08. The molecule has 0 saturated carbocycles. The van der Waals surface area contributed by atoms with Crippen molar-refractivity contribution < 1.29 is 0 Å². The highest BCUT2D eigenvalue weighted by molar-refractivity contribution is 5.31. The van der Waals surface area contributed by atoms with Crippen LogP contribution >= 0.6 is 0 Å². The van der Waals surface area contributed by atoms with Gasteiger partial charge in [0.05, 0.1) is 0 Å². The van der Waals surface area contributed by atoms with Crippen molar-refractivity contribution in [3.05, 3.63) is 83.9 Å². The summed E-state index contributed by atoms with van der Waals surface area (Å²) in [4.78, 5) is 0. The third-order valence-electron chi connectivity index (χ3n) is 3.15. The van der Waals surface area contributed by atoms with E-state index in [1.165, 1.54) is 16.7 Å². The summed E-state index contributed by atoms with van der Waals surface area (Å²) in [5.74, 6) is 0. The molecule has 0 aromatic heterocycles. The number of hydrogen-bond acceptors (Lipinski definition) is 1. The van der Waals surface area contributed by atoms with Gasteiger partial charge in [0.15, 0.2) is 0 Å². The van der Waals surface area contributed by atoms with E-state index in [-0.39, 0.29) is 6.04 Å². The van der Waals surface area contributed by atoms with Gasteiger partial charge < -0.3 is 5.73 Å². The predicted molar refractivity (Wildman–Crippen MR) is 77.4 cm³/mol. The average molecular weight is 237 g/mol. The van der Waals surface area contributed by atoms with Crippen molar-refractivity contribution in [2.75, 3.05) is 0 Å². The first-order chi connectivity index (χ1) is 8.81. The van der Waals surface area contributed by atoms with E-state index in [4.69, 9.17) is 5.73 Å². The first-order valence-electron chi connectivity index (χ1n) is 6.29. The van der Waals surface area contributed by atoms with Crippen molar-refractivity contribution in [3.8, 4) is 0 Å². The molecule has 2 aromatic rings. The predicted octanol–water partition coefficient (Wildman–Crippen LogP) is 3.66. The summed E-state index contributed by atoms with van der Waals surface area (Å²) in [5.41, 5.74) is 10.1. The Hall–Kier alpha value is -1.86. The Morgan fingerprint density at radius 3 is 2.22 bits per heavy atom. The third kappa shape index (κ3) is 3.08. The summed E-state index contributed by atoms with van der Waals surface area (Å²) >= 11 is 0. The van der Waals surface area contributed by atoms with Gasteiger partial charge in [0.2, 0.25) is 0 Å². The highest BCUT2D eigenvalue weighted by atomic mass is 14.6. The van der Waals surface area contributed by atoms with Crippen molar-refractivity contribution in [1.29, 1.82) is 0 Å². The Balaban J connectivity index is 2.16. The molecule has 0 aliphatic carbocycles. The Morgan fingerprint density at radius 1 is 0.944 bits per heavy atom. The summed E-state index contributed by atoms with van der Waals surface area (Å²) in [5, 5.41) is 0. The van der Waals surface area contributed by atoms with Gasteiger partial charge in [-0.2, -0.15) is 0 Å². The van der Waals surface area contributed by atoms with E-state index in [0.29, 0.717) is 0 Å². The second-order valence-corrected chi connectivity index (χ2v) is 4.48. The average Bonchev–Trinajstić information content (AvgIpc) is 2.42. The van der Waals surface area contributed by atoms with Crippen LogP contribution in [0, 0.1) is 0 Å². The minimum Gasteiger partial charge on any atom is -0.324 e. The summed E-state index contributed by atoms with van der Waals surface area (Å²) in [6, 6.07) is 18.7. The maximum Gasteiger partial charge on any atom is 0.0335 e. The molecule has 1 nitrogen and oxygen atoms in total. The SMILES string of the molecule is C=CCc1ccccc1CC(N)c1ccccc1. The van der Waals surface area contributed by atoms with Crippen molar-refractivity contribution in [2.24, 2.45) is 5.73 Å². The van der Waals surface area contributed by atoms with Gasteiger partial charge in [0.25, 0.3) is 0 Å². The van der Waals surface area contributed by atoms with E-state index >= 15 is 0 Å². The molecule has 0 spiro atoms. The zero-order valence-corrected chi connectivity index (χ0v) is 10.5. The molecule has 2 rings (SSSR count). The van der Waals surface area contributed by atoms with Gasteiger partial charge in [-0.25, -0.2) is 0 Å². The maximum atomic E-state index is 6.27. The molecular weight excluding hydrogens is 218 g/mol. The van der Waals surface area contributed by atoms with Crippen LogP contribution in [0.5, 0.6) is 0 Å². The smallest absolute Gasteiger partial charge is 0.0335 e. The molecule has 92 valence electrons. The van der Waals surface area contributed by atoms with Crippen LogP contribution in [0.15, 0.2) is 67.3 Å². The Labute approximate surface area is 109 Å². The van der Waals surface area contributed by atoms with Crippen LogP contribution in [0.25, 0.3) is 0 Å². The van der Waals surface area contributed by atoms with E-state index < -0.39 is 0 Å². The minimum atomic E-state index is 0.0529. The van der Waals surface area contributed by atoms with Crippen LogP contribution in [-0.2, 0) is 12.8 Å². The van der Waals surface area contributed by atoms with Gasteiger partial charge in [-0.3, -0.25) is 0 Å². The fraction of sp³-hybridized carbons (Fsp3) is 0.176. The quantitative estimate of drug-likeness (QED) is 0.789. The van der Waals surface area contributed by atoms with Crippen LogP contribution < -0.4 is 5.73 Å². The van der Waals surface area contributed by atoms with E-state index in [0.717, 1.165) is 12.8 Å². The molecule has 0 saturated heterocycles. The first-order valence-corrected chi connectivity index (χ1v) is 6.29. The molecule has 2 N–H and O–H groups in total. The molecule has 0 fully saturated rings. The summed E-state index contributed by atoms with van der Waals surface area (Å²) < 4.78 is 0. The molecule has 1 heteroatoms. The summed E-state index contributed by atoms with van der Waals surface area (Å²) in [6.07, 6.45) is 3.71. The van der Waals surface area contributed by atoms with E-state index in [2.05, 4.69) is 43.0 Å². The standard InChI is InChI=1S/C17H19N/c1-2-8-14-9-6-7-12-16(14)13-17(18)15-10-4-3-5-11-15/h2-7,9-12,17H,1,8,13,18H2. The number of rotatable bonds is 5. The van der Waals surface area contributed by atoms with Gasteiger partial charge in [0.1, 0.15) is 0 Å². The number of benzene rings is 2. The zero-order valence-electron chi connectivity index (χ0n) is 10.5. The molecule has 1 unspecified atom stereocenters. The van der Waals surface area contributed by atoms with E-state index in [9.17, 15) is 0 Å². The maximum absolute atomic E-state index is 6.27. The van der Waals surface area contributed by atoms with Crippen LogP contribution in [-0.4, -0.2) is 0 Å². The van der Waals surface area contributed by atoms with Crippen LogP contribution in [0.3, 0.4) is 0 Å². The summed E-state index contributed by atoms with van der Waals surface area (Å²) in [6.45, 7) is 3.80. The minimum absolute atomic E-state index is 0.0529. The molecule has 2 aromatic carbocycles. The lowest BCUT2D eigenvalue weighted by atomic mass is 9.95. The van der Waals surface area contributed by atoms with Gasteiger partial charge in [-0.05, 0) is 29.5 Å². The van der Waals surface area contributed by atoms with Crippen LogP contribution in [0.1, 0.15) is 22.7 Å². The number of nitrogens with two attached hydrogens (primary N) is 1. The normalized spacial score (nSPS) is 12.1. The van der Waals surface area contributed by atoms with E-state index in [1.54, 1.807) is 0 Å². The molecule has 0 amide bonds. The van der Waals surface area contributed by atoms with Crippen molar-refractivity contribution in [1.82, 2.24) is 0 Å². The van der Waals surface area contributed by atoms with Crippen LogP contribution in [0.4, 0.5) is 0 Å². The molecule has 0 heterocycles. The molecule has 18 heavy (non-hydrogen) atoms. The van der Waals surface area contributed by atoms with Gasteiger partial charge in [-0.15, -0.1) is 6.58 Å². The Bertz CT molecular complexity index is 502. The molecule has 0 aliphatic heterocycles. The van der Waals surface area contributed by atoms with Crippen molar-refractivity contribution in [3.63, 3.8) is 0 Å². The van der Waals surface area contributed by atoms with Crippen LogP contribution in [0.2, 0.25) is 0 Å². The largest absolute Gasteiger partial charge is 0.324 e. The Morgan fingerprint density at radius 2 is 1.56 bits per heavy atom. The second-order valence-electron chi connectivity index (χ2n) is 4.48.